The van der Waals surface area contributed by atoms with Crippen LogP contribution in [0.1, 0.15) is 30.8 Å². The summed E-state index contributed by atoms with van der Waals surface area (Å²) in [6.07, 6.45) is -0.624. The van der Waals surface area contributed by atoms with Gasteiger partial charge < -0.3 is 14.7 Å². The van der Waals surface area contributed by atoms with E-state index in [4.69, 9.17) is 9.84 Å². The van der Waals surface area contributed by atoms with Gasteiger partial charge in [0.2, 0.25) is 5.91 Å². The molecule has 0 aromatic carbocycles. The number of morpholine rings is 1. The van der Waals surface area contributed by atoms with Crippen LogP contribution >= 0.6 is 0 Å². The van der Waals surface area contributed by atoms with E-state index in [2.05, 4.69) is 5.10 Å². The summed E-state index contributed by atoms with van der Waals surface area (Å²) in [5.41, 5.74) is 1.93. The molecule has 1 aliphatic rings. The fourth-order valence-corrected chi connectivity index (χ4v) is 2.59. The average Bonchev–Trinajstić information content (AvgIpc) is 2.77. The molecule has 0 radical (unpaired) electrons. The predicted octanol–water partition coefficient (Wildman–Crippen LogP) is 0.763. The second-order valence-corrected chi connectivity index (χ2v) is 5.46. The summed E-state index contributed by atoms with van der Waals surface area (Å²) in [4.78, 5) is 24.8. The molecule has 1 N–H and O–H groups in total. The van der Waals surface area contributed by atoms with Crippen molar-refractivity contribution in [2.75, 3.05) is 19.7 Å². The topological polar surface area (TPSA) is 84.7 Å². The van der Waals surface area contributed by atoms with Crippen LogP contribution in [-0.2, 0) is 14.3 Å². The first kappa shape index (κ1) is 15.5. The molecule has 1 fully saturated rings. The van der Waals surface area contributed by atoms with E-state index in [0.717, 1.165) is 11.4 Å². The van der Waals surface area contributed by atoms with Crippen molar-refractivity contribution in [3.8, 4) is 0 Å². The van der Waals surface area contributed by atoms with Gasteiger partial charge in [-0.1, -0.05) is 0 Å². The first-order valence-electron chi connectivity index (χ1n) is 7.03. The Hall–Kier alpha value is -1.89. The van der Waals surface area contributed by atoms with E-state index >= 15 is 0 Å². The number of nitrogens with zero attached hydrogens (tertiary/aromatic N) is 3. The summed E-state index contributed by atoms with van der Waals surface area (Å²) in [6, 6.07) is 1.91. The summed E-state index contributed by atoms with van der Waals surface area (Å²) < 4.78 is 6.96. The Balaban J connectivity index is 1.97. The molecular weight excluding hydrogens is 274 g/mol. The van der Waals surface area contributed by atoms with Crippen LogP contribution < -0.4 is 0 Å². The zero-order valence-electron chi connectivity index (χ0n) is 12.6. The Morgan fingerprint density at radius 3 is 2.81 bits per heavy atom. The molecule has 0 bridgehead atoms. The maximum atomic E-state index is 12.3. The second-order valence-electron chi connectivity index (χ2n) is 5.46. The van der Waals surface area contributed by atoms with Gasteiger partial charge in [0.05, 0.1) is 24.9 Å². The van der Waals surface area contributed by atoms with Crippen molar-refractivity contribution in [2.45, 2.75) is 39.3 Å². The van der Waals surface area contributed by atoms with E-state index < -0.39 is 12.1 Å². The molecule has 0 spiro atoms. The lowest BCUT2D eigenvalue weighted by atomic mass is 10.2. The molecule has 0 aliphatic carbocycles. The normalized spacial score (nSPS) is 20.3. The van der Waals surface area contributed by atoms with Crippen LogP contribution in [0.2, 0.25) is 0 Å². The number of aliphatic carboxylic acids is 1. The molecule has 1 aliphatic heterocycles. The molecule has 21 heavy (non-hydrogen) atoms. The van der Waals surface area contributed by atoms with Crippen LogP contribution in [0.3, 0.4) is 0 Å². The highest BCUT2D eigenvalue weighted by Crippen LogP contribution is 2.17. The van der Waals surface area contributed by atoms with E-state index in [0.29, 0.717) is 13.0 Å². The standard InChI is InChI=1S/C14H21N3O4/c1-9-6-10(2)17(15-9)11(3)7-13(18)16-4-5-21-12(8-16)14(19)20/h6,11-12H,4-5,7-8H2,1-3H3,(H,19,20). The number of hydrogen-bond donors (Lipinski definition) is 1. The monoisotopic (exact) mass is 295 g/mol. The fourth-order valence-electron chi connectivity index (χ4n) is 2.59. The van der Waals surface area contributed by atoms with Gasteiger partial charge in [-0.05, 0) is 26.8 Å². The maximum absolute atomic E-state index is 12.3. The summed E-state index contributed by atoms with van der Waals surface area (Å²) in [5, 5.41) is 13.3. The fraction of sp³-hybridized carbons (Fsp3) is 0.643. The number of carbonyl (C=O) groups excluding carboxylic acids is 1. The van der Waals surface area contributed by atoms with E-state index in [1.54, 1.807) is 4.90 Å². The number of amides is 1. The van der Waals surface area contributed by atoms with E-state index in [1.165, 1.54) is 0 Å². The molecule has 2 rings (SSSR count). The molecule has 2 unspecified atom stereocenters. The van der Waals surface area contributed by atoms with Crippen molar-refractivity contribution in [3.05, 3.63) is 17.5 Å². The van der Waals surface area contributed by atoms with Gasteiger partial charge in [0.25, 0.3) is 0 Å². The molecule has 7 heteroatoms. The quantitative estimate of drug-likeness (QED) is 0.886. The van der Waals surface area contributed by atoms with E-state index in [1.807, 2.05) is 31.5 Å². The molecule has 0 saturated carbocycles. The van der Waals surface area contributed by atoms with Gasteiger partial charge in [-0.2, -0.15) is 5.10 Å². The Kier molecular flexibility index (Phi) is 4.62. The number of aryl methyl sites for hydroxylation is 2. The van der Waals surface area contributed by atoms with Crippen molar-refractivity contribution >= 4 is 11.9 Å². The van der Waals surface area contributed by atoms with Crippen LogP contribution in [0, 0.1) is 13.8 Å². The SMILES string of the molecule is Cc1cc(C)n(C(C)CC(=O)N2CCOC(C(=O)O)C2)n1. The number of ether oxygens (including phenoxy) is 1. The minimum Gasteiger partial charge on any atom is -0.479 e. The van der Waals surface area contributed by atoms with Crippen LogP contribution in [0.15, 0.2) is 6.07 Å². The number of carboxylic acids is 1. The van der Waals surface area contributed by atoms with Gasteiger partial charge in [-0.25, -0.2) is 4.79 Å². The van der Waals surface area contributed by atoms with Gasteiger partial charge in [0.1, 0.15) is 0 Å². The average molecular weight is 295 g/mol. The Morgan fingerprint density at radius 2 is 2.24 bits per heavy atom. The van der Waals surface area contributed by atoms with Crippen molar-refractivity contribution in [1.82, 2.24) is 14.7 Å². The number of carbonyl (C=O) groups is 2. The van der Waals surface area contributed by atoms with Crippen molar-refractivity contribution in [1.29, 1.82) is 0 Å². The lowest BCUT2D eigenvalue weighted by molar-refractivity contribution is -0.159. The first-order chi connectivity index (χ1) is 9.88. The molecule has 1 saturated heterocycles. The van der Waals surface area contributed by atoms with Crippen LogP contribution in [0.25, 0.3) is 0 Å². The molecule has 2 atom stereocenters. The Bertz CT molecular complexity index is 540. The minimum atomic E-state index is -1.03. The van der Waals surface area contributed by atoms with Gasteiger partial charge in [0, 0.05) is 18.7 Å². The van der Waals surface area contributed by atoms with Gasteiger partial charge in [-0.15, -0.1) is 0 Å². The lowest BCUT2D eigenvalue weighted by Crippen LogP contribution is -2.48. The number of rotatable bonds is 4. The molecule has 116 valence electrons. The highest BCUT2D eigenvalue weighted by atomic mass is 16.5. The maximum Gasteiger partial charge on any atom is 0.334 e. The lowest BCUT2D eigenvalue weighted by Gasteiger charge is -2.31. The minimum absolute atomic E-state index is 0.0580. The molecule has 1 aromatic heterocycles. The van der Waals surface area contributed by atoms with Gasteiger partial charge in [-0.3, -0.25) is 9.48 Å². The summed E-state index contributed by atoms with van der Waals surface area (Å²) in [5.74, 6) is -1.09. The zero-order chi connectivity index (χ0) is 15.6. The smallest absolute Gasteiger partial charge is 0.334 e. The Morgan fingerprint density at radius 1 is 1.52 bits per heavy atom. The highest BCUT2D eigenvalue weighted by molar-refractivity contribution is 5.79. The van der Waals surface area contributed by atoms with Gasteiger partial charge in [0.15, 0.2) is 6.10 Å². The molecule has 1 amide bonds. The van der Waals surface area contributed by atoms with Crippen molar-refractivity contribution in [2.24, 2.45) is 0 Å². The summed E-state index contributed by atoms with van der Waals surface area (Å²) >= 11 is 0. The molecule has 7 nitrogen and oxygen atoms in total. The van der Waals surface area contributed by atoms with Crippen LogP contribution in [0.4, 0.5) is 0 Å². The number of carboxylic acid groups (broad SMARTS) is 1. The second kappa shape index (κ2) is 6.26. The van der Waals surface area contributed by atoms with E-state index in [9.17, 15) is 9.59 Å². The zero-order valence-corrected chi connectivity index (χ0v) is 12.6. The third kappa shape index (κ3) is 3.60. The Labute approximate surface area is 123 Å². The third-order valence-corrected chi connectivity index (χ3v) is 3.63. The first-order valence-corrected chi connectivity index (χ1v) is 7.03. The van der Waals surface area contributed by atoms with E-state index in [-0.39, 0.29) is 25.1 Å². The predicted molar refractivity (Wildman–Crippen MR) is 75.0 cm³/mol. The van der Waals surface area contributed by atoms with Crippen molar-refractivity contribution < 1.29 is 19.4 Å². The van der Waals surface area contributed by atoms with Gasteiger partial charge >= 0.3 is 5.97 Å². The largest absolute Gasteiger partial charge is 0.479 e. The van der Waals surface area contributed by atoms with Crippen LogP contribution in [0.5, 0.6) is 0 Å². The highest BCUT2D eigenvalue weighted by Gasteiger charge is 2.29. The summed E-state index contributed by atoms with van der Waals surface area (Å²) in [7, 11) is 0. The molecule has 2 heterocycles. The molecule has 1 aromatic rings. The summed E-state index contributed by atoms with van der Waals surface area (Å²) in [6.45, 7) is 6.61. The van der Waals surface area contributed by atoms with Crippen LogP contribution in [-0.4, -0.2) is 57.5 Å². The van der Waals surface area contributed by atoms with Crippen molar-refractivity contribution in [3.63, 3.8) is 0 Å². The molecular formula is C14H21N3O4. The third-order valence-electron chi connectivity index (χ3n) is 3.63. The number of aromatic nitrogens is 2. The number of hydrogen-bond acceptors (Lipinski definition) is 4.